The second-order valence-electron chi connectivity index (χ2n) is 16.4. The van der Waals surface area contributed by atoms with Crippen LogP contribution in [0.5, 0.6) is 0 Å². The summed E-state index contributed by atoms with van der Waals surface area (Å²) in [4.78, 5) is 39.4. The van der Waals surface area contributed by atoms with Crippen LogP contribution in [-0.2, 0) is 28.6 Å². The standard InChI is InChI=1S/C37H52O6/c1-21-12-15-37(32(40)41-9)17-16-35(7)25(29(37)23(21)3)10-11-27-34(6)19-24(20-42-28-18-22(2)31(39)43-28)30(38)33(4,5)26(34)13-14-36(27,35)8/h10,18,20-21,23,26-29H,11-17,19H2,1-9H3/b24-20+/t21-,23+,26+,27-,28?,29+,34+,35-,36-,37+/m1/s1. The topological polar surface area (TPSA) is 78.9 Å². The fraction of sp³-hybridized carbons (Fsp3) is 0.757. The molecule has 0 amide bonds. The Morgan fingerprint density at radius 1 is 1.00 bits per heavy atom. The average Bonchev–Trinajstić information content (AvgIpc) is 3.28. The second-order valence-corrected chi connectivity index (χ2v) is 16.4. The van der Waals surface area contributed by atoms with Crippen LogP contribution in [0, 0.1) is 56.7 Å². The zero-order valence-electron chi connectivity index (χ0n) is 27.8. The Bertz CT molecular complexity index is 1340. The number of rotatable bonds is 3. The van der Waals surface area contributed by atoms with Crippen LogP contribution in [0.2, 0.25) is 0 Å². The van der Waals surface area contributed by atoms with Crippen LogP contribution in [0.1, 0.15) is 107 Å². The molecule has 0 bridgehead atoms. The van der Waals surface area contributed by atoms with E-state index in [0.717, 1.165) is 44.9 Å². The van der Waals surface area contributed by atoms with Crippen molar-refractivity contribution in [2.24, 2.45) is 56.7 Å². The van der Waals surface area contributed by atoms with Crippen LogP contribution in [0.25, 0.3) is 0 Å². The van der Waals surface area contributed by atoms with Gasteiger partial charge in [-0.25, -0.2) is 4.79 Å². The quantitative estimate of drug-likeness (QED) is 0.144. The van der Waals surface area contributed by atoms with E-state index in [4.69, 9.17) is 14.2 Å². The molecular formula is C37H52O6. The monoisotopic (exact) mass is 592 g/mol. The van der Waals surface area contributed by atoms with Gasteiger partial charge >= 0.3 is 11.9 Å². The molecule has 43 heavy (non-hydrogen) atoms. The summed E-state index contributed by atoms with van der Waals surface area (Å²) >= 11 is 0. The first-order chi connectivity index (χ1) is 20.1. The van der Waals surface area contributed by atoms with Crippen LogP contribution in [0.4, 0.5) is 0 Å². The Labute approximate surface area is 258 Å². The van der Waals surface area contributed by atoms with E-state index in [1.165, 1.54) is 5.57 Å². The number of hydrogen-bond acceptors (Lipinski definition) is 6. The van der Waals surface area contributed by atoms with Crippen LogP contribution < -0.4 is 0 Å². The lowest BCUT2D eigenvalue weighted by Crippen LogP contribution is -2.65. The van der Waals surface area contributed by atoms with Gasteiger partial charge in [-0.15, -0.1) is 0 Å². The lowest BCUT2D eigenvalue weighted by atomic mass is 9.33. The number of cyclic esters (lactones) is 1. The Kier molecular flexibility index (Phi) is 6.99. The summed E-state index contributed by atoms with van der Waals surface area (Å²) in [5.74, 6) is 1.61. The van der Waals surface area contributed by atoms with Gasteiger partial charge < -0.3 is 14.2 Å². The highest BCUT2D eigenvalue weighted by molar-refractivity contribution is 6.00. The molecule has 6 rings (SSSR count). The van der Waals surface area contributed by atoms with E-state index < -0.39 is 17.1 Å². The normalized spacial score (nSPS) is 47.7. The van der Waals surface area contributed by atoms with Gasteiger partial charge in [-0.05, 0) is 104 Å². The van der Waals surface area contributed by atoms with E-state index in [0.29, 0.717) is 35.3 Å². The maximum atomic E-state index is 13.9. The molecule has 0 aromatic rings. The first kappa shape index (κ1) is 30.6. The van der Waals surface area contributed by atoms with Crippen molar-refractivity contribution in [2.75, 3.05) is 7.11 Å². The number of ketones is 1. The minimum Gasteiger partial charge on any atom is -0.469 e. The summed E-state index contributed by atoms with van der Waals surface area (Å²) in [5, 5.41) is 0. The summed E-state index contributed by atoms with van der Waals surface area (Å²) in [5.41, 5.74) is 1.70. The van der Waals surface area contributed by atoms with Gasteiger partial charge in [0.1, 0.15) is 0 Å². The number of ether oxygens (including phenoxy) is 3. The van der Waals surface area contributed by atoms with E-state index in [-0.39, 0.29) is 45.8 Å². The molecule has 236 valence electrons. The Morgan fingerprint density at radius 2 is 1.72 bits per heavy atom. The number of carbonyl (C=O) groups is 3. The number of esters is 2. The summed E-state index contributed by atoms with van der Waals surface area (Å²) in [6.45, 7) is 18.1. The third kappa shape index (κ3) is 3.99. The molecule has 0 aromatic carbocycles. The van der Waals surface area contributed by atoms with Crippen LogP contribution in [0.15, 0.2) is 35.1 Å². The lowest BCUT2D eigenvalue weighted by molar-refractivity contribution is -0.187. The second kappa shape index (κ2) is 9.81. The average molecular weight is 593 g/mol. The highest BCUT2D eigenvalue weighted by Gasteiger charge is 2.70. The van der Waals surface area contributed by atoms with Crippen molar-refractivity contribution in [3.05, 3.63) is 35.1 Å². The SMILES string of the molecule is COC(=O)[C@]12CC[C@@H](C)[C@H](C)[C@H]1C1=CC[C@@H]3[C@@]4(C)C/C(=C\OC5C=C(C)C(=O)O5)C(=O)C(C)(C)[C@@H]4CC[C@@]3(C)[C@]1(C)CC2. The zero-order chi connectivity index (χ0) is 31.3. The minimum absolute atomic E-state index is 0.0116. The maximum Gasteiger partial charge on any atom is 0.336 e. The Morgan fingerprint density at radius 3 is 2.37 bits per heavy atom. The van der Waals surface area contributed by atoms with Gasteiger partial charge in [-0.1, -0.05) is 60.1 Å². The molecule has 0 saturated heterocycles. The number of allylic oxidation sites excluding steroid dienone is 3. The third-order valence-corrected chi connectivity index (χ3v) is 14.4. The molecule has 4 fully saturated rings. The van der Waals surface area contributed by atoms with E-state index in [1.54, 1.807) is 26.4 Å². The molecule has 6 heteroatoms. The van der Waals surface area contributed by atoms with E-state index >= 15 is 0 Å². The minimum atomic E-state index is -0.783. The molecular weight excluding hydrogens is 540 g/mol. The van der Waals surface area contributed by atoms with Gasteiger partial charge in [-0.2, -0.15) is 0 Å². The molecule has 1 aliphatic heterocycles. The number of fused-ring (bicyclic) bond motifs is 7. The summed E-state index contributed by atoms with van der Waals surface area (Å²) in [6, 6.07) is 0. The van der Waals surface area contributed by atoms with Gasteiger partial charge in [0.25, 0.3) is 6.29 Å². The molecule has 0 aromatic heterocycles. The molecule has 1 unspecified atom stereocenters. The van der Waals surface area contributed by atoms with Crippen molar-refractivity contribution in [1.29, 1.82) is 0 Å². The van der Waals surface area contributed by atoms with Gasteiger partial charge in [-0.3, -0.25) is 9.59 Å². The molecule has 0 spiro atoms. The number of Topliss-reactive ketones (excluding diaryl/α,β-unsaturated/α-hetero) is 1. The van der Waals surface area contributed by atoms with Crippen molar-refractivity contribution in [3.63, 3.8) is 0 Å². The highest BCUT2D eigenvalue weighted by Crippen LogP contribution is 2.75. The third-order valence-electron chi connectivity index (χ3n) is 14.4. The van der Waals surface area contributed by atoms with Crippen molar-refractivity contribution in [3.8, 4) is 0 Å². The number of hydrogen-bond donors (Lipinski definition) is 0. The van der Waals surface area contributed by atoms with Crippen LogP contribution in [-0.4, -0.2) is 31.1 Å². The summed E-state index contributed by atoms with van der Waals surface area (Å²) in [7, 11) is 1.56. The highest BCUT2D eigenvalue weighted by atomic mass is 16.7. The van der Waals surface area contributed by atoms with Gasteiger partial charge in [0, 0.05) is 22.6 Å². The smallest absolute Gasteiger partial charge is 0.336 e. The first-order valence-corrected chi connectivity index (χ1v) is 16.6. The van der Waals surface area contributed by atoms with Crippen molar-refractivity contribution >= 4 is 17.7 Å². The summed E-state index contributed by atoms with van der Waals surface area (Å²) < 4.78 is 16.7. The van der Waals surface area contributed by atoms with Crippen LogP contribution >= 0.6 is 0 Å². The Hall–Kier alpha value is -2.37. The van der Waals surface area contributed by atoms with Crippen LogP contribution in [0.3, 0.4) is 0 Å². The number of carbonyl (C=O) groups excluding carboxylic acids is 3. The molecule has 10 atom stereocenters. The molecule has 0 radical (unpaired) electrons. The van der Waals surface area contributed by atoms with Gasteiger partial charge in [0.05, 0.1) is 18.8 Å². The Balaban J connectivity index is 1.40. The maximum absolute atomic E-state index is 13.9. The fourth-order valence-electron chi connectivity index (χ4n) is 11.7. The largest absolute Gasteiger partial charge is 0.469 e. The zero-order valence-corrected chi connectivity index (χ0v) is 27.8. The predicted molar refractivity (Wildman–Crippen MR) is 164 cm³/mol. The first-order valence-electron chi connectivity index (χ1n) is 16.6. The van der Waals surface area contributed by atoms with Crippen molar-refractivity contribution in [1.82, 2.24) is 0 Å². The van der Waals surface area contributed by atoms with Gasteiger partial charge in [0.15, 0.2) is 5.78 Å². The van der Waals surface area contributed by atoms with E-state index in [1.807, 2.05) is 0 Å². The molecule has 0 N–H and O–H groups in total. The molecule has 5 aliphatic carbocycles. The van der Waals surface area contributed by atoms with Crippen molar-refractivity contribution < 1.29 is 28.6 Å². The number of methoxy groups -OCH3 is 1. The summed E-state index contributed by atoms with van der Waals surface area (Å²) in [6.07, 6.45) is 12.6. The predicted octanol–water partition coefficient (Wildman–Crippen LogP) is 7.73. The fourth-order valence-corrected chi connectivity index (χ4v) is 11.7. The van der Waals surface area contributed by atoms with E-state index in [9.17, 15) is 14.4 Å². The molecule has 4 saturated carbocycles. The molecule has 6 nitrogen and oxygen atoms in total. The molecule has 6 aliphatic rings. The lowest BCUT2D eigenvalue weighted by Gasteiger charge is -2.70. The van der Waals surface area contributed by atoms with Gasteiger partial charge in [0.2, 0.25) is 0 Å². The van der Waals surface area contributed by atoms with E-state index in [2.05, 4.69) is 54.5 Å². The van der Waals surface area contributed by atoms with Crippen molar-refractivity contribution in [2.45, 2.75) is 113 Å². The molecule has 1 heterocycles.